The van der Waals surface area contributed by atoms with Crippen LogP contribution in [0.15, 0.2) is 43.0 Å². The van der Waals surface area contributed by atoms with Gasteiger partial charge in [-0.2, -0.15) is 13.2 Å². The molecule has 1 aromatic carbocycles. The Labute approximate surface area is 193 Å². The number of carbonyl (C=O) groups is 2. The number of aromatic nitrogens is 4. The molecule has 0 unspecified atom stereocenters. The number of rotatable bonds is 5. The first-order chi connectivity index (χ1) is 15.6. The molecule has 2 amide bonds. The molecule has 33 heavy (non-hydrogen) atoms. The van der Waals surface area contributed by atoms with E-state index in [9.17, 15) is 22.8 Å². The van der Waals surface area contributed by atoms with Crippen LogP contribution in [0.1, 0.15) is 43.6 Å². The number of carbonyl (C=O) groups excluding carboxylic acids is 2. The van der Waals surface area contributed by atoms with E-state index in [0.29, 0.717) is 22.2 Å². The molecule has 1 atom stereocenters. The molecular weight excluding hydrogens is 481 g/mol. The highest BCUT2D eigenvalue weighted by Crippen LogP contribution is 2.35. The van der Waals surface area contributed by atoms with Gasteiger partial charge in [0.2, 0.25) is 0 Å². The van der Waals surface area contributed by atoms with E-state index < -0.39 is 28.7 Å². The number of alkyl halides is 3. The summed E-state index contributed by atoms with van der Waals surface area (Å²) in [5, 5.41) is 4.96. The maximum Gasteiger partial charge on any atom is 0.418 e. The summed E-state index contributed by atoms with van der Waals surface area (Å²) in [6.45, 7) is 1.70. The number of benzene rings is 1. The number of halogens is 4. The average Bonchev–Trinajstić information content (AvgIpc) is 3.43. The van der Waals surface area contributed by atoms with Crippen LogP contribution < -0.4 is 10.6 Å². The molecule has 0 aliphatic rings. The van der Waals surface area contributed by atoms with Crippen molar-refractivity contribution in [1.82, 2.24) is 25.3 Å². The van der Waals surface area contributed by atoms with Gasteiger partial charge in [0.1, 0.15) is 15.7 Å². The normalized spacial score (nSPS) is 12.5. The van der Waals surface area contributed by atoms with E-state index in [-0.39, 0.29) is 16.6 Å². The molecule has 13 heteroatoms. The van der Waals surface area contributed by atoms with Crippen molar-refractivity contribution in [2.45, 2.75) is 19.1 Å². The smallest absolute Gasteiger partial charge is 0.345 e. The number of aromatic amines is 1. The van der Waals surface area contributed by atoms with Crippen LogP contribution in [0.4, 0.5) is 19.0 Å². The summed E-state index contributed by atoms with van der Waals surface area (Å²) in [4.78, 5) is 40.0. The van der Waals surface area contributed by atoms with Gasteiger partial charge in [-0.3, -0.25) is 9.59 Å². The van der Waals surface area contributed by atoms with Gasteiger partial charge in [0, 0.05) is 11.8 Å². The molecule has 8 nitrogen and oxygen atoms in total. The lowest BCUT2D eigenvalue weighted by Gasteiger charge is -2.11. The van der Waals surface area contributed by atoms with E-state index in [0.717, 1.165) is 23.1 Å². The lowest BCUT2D eigenvalue weighted by molar-refractivity contribution is -0.137. The van der Waals surface area contributed by atoms with Crippen molar-refractivity contribution < 1.29 is 22.8 Å². The number of fused-ring (bicyclic) bond motifs is 1. The zero-order chi connectivity index (χ0) is 23.8. The third-order valence-electron chi connectivity index (χ3n) is 4.55. The Hall–Kier alpha value is -3.51. The van der Waals surface area contributed by atoms with Crippen LogP contribution >= 0.6 is 22.9 Å². The molecule has 3 heterocycles. The van der Waals surface area contributed by atoms with Crippen LogP contribution in [0, 0.1) is 0 Å². The van der Waals surface area contributed by atoms with Crippen molar-refractivity contribution >= 4 is 51.6 Å². The molecule has 0 aliphatic carbocycles. The van der Waals surface area contributed by atoms with Gasteiger partial charge in [0.15, 0.2) is 0 Å². The molecule has 0 spiro atoms. The number of anilines is 1. The highest BCUT2D eigenvalue weighted by Gasteiger charge is 2.34. The van der Waals surface area contributed by atoms with Gasteiger partial charge in [0.05, 0.1) is 40.2 Å². The summed E-state index contributed by atoms with van der Waals surface area (Å²) >= 11 is 6.53. The number of thiazole rings is 1. The molecule has 0 radical (unpaired) electrons. The maximum atomic E-state index is 13.0. The third kappa shape index (κ3) is 4.96. The number of amides is 2. The van der Waals surface area contributed by atoms with Gasteiger partial charge in [-0.1, -0.05) is 11.6 Å². The fraction of sp³-hybridized carbons (Fsp3) is 0.150. The minimum Gasteiger partial charge on any atom is -0.345 e. The molecule has 0 saturated carbocycles. The minimum absolute atomic E-state index is 0.135. The van der Waals surface area contributed by atoms with Crippen LogP contribution in [0.25, 0.3) is 11.0 Å². The summed E-state index contributed by atoms with van der Waals surface area (Å²) in [5.74, 6) is -1.34. The quantitative estimate of drug-likeness (QED) is 0.368. The number of H-pyrrole nitrogens is 1. The van der Waals surface area contributed by atoms with Gasteiger partial charge in [-0.05, 0) is 31.2 Å². The van der Waals surface area contributed by atoms with Crippen LogP contribution in [-0.2, 0) is 6.18 Å². The van der Waals surface area contributed by atoms with E-state index in [1.54, 1.807) is 25.1 Å². The van der Waals surface area contributed by atoms with Crippen LogP contribution in [-0.4, -0.2) is 31.8 Å². The largest absolute Gasteiger partial charge is 0.418 e. The lowest BCUT2D eigenvalue weighted by atomic mass is 10.2. The number of hydrogen-bond acceptors (Lipinski definition) is 6. The van der Waals surface area contributed by atoms with Gasteiger partial charge in [-0.25, -0.2) is 15.0 Å². The minimum atomic E-state index is -4.69. The Morgan fingerprint density at radius 3 is 2.67 bits per heavy atom. The van der Waals surface area contributed by atoms with Crippen molar-refractivity contribution in [3.05, 3.63) is 69.0 Å². The summed E-state index contributed by atoms with van der Waals surface area (Å²) in [6, 6.07) is 5.15. The predicted molar refractivity (Wildman–Crippen MR) is 116 cm³/mol. The van der Waals surface area contributed by atoms with Gasteiger partial charge >= 0.3 is 6.18 Å². The molecule has 3 aromatic heterocycles. The van der Waals surface area contributed by atoms with Gasteiger partial charge < -0.3 is 15.6 Å². The number of pyridine rings is 1. The molecule has 3 N–H and O–H groups in total. The first-order valence-corrected chi connectivity index (χ1v) is 10.5. The second-order valence-corrected chi connectivity index (χ2v) is 8.36. The maximum absolute atomic E-state index is 13.0. The SMILES string of the molecule is C[C@@H](NC(=O)c1ccc2nc[nH]c2c1)c1ncc(C(=O)Nc2cc(C(F)(F)F)c(Cl)cn2)s1. The Bertz CT molecular complexity index is 1350. The monoisotopic (exact) mass is 494 g/mol. The standard InChI is InChI=1S/C20H14ClF3N6O2S/c1-9(29-17(31)10-2-3-13-14(4-10)28-8-27-13)19-26-7-15(33-19)18(32)30-16-5-11(20(22,23)24)12(21)6-25-16/h2-9H,1H3,(H,27,28)(H,29,31)(H,25,30,32)/t9-/m1/s1. The molecule has 0 fully saturated rings. The molecule has 4 aromatic rings. The third-order valence-corrected chi connectivity index (χ3v) is 6.03. The first-order valence-electron chi connectivity index (χ1n) is 9.35. The second-order valence-electron chi connectivity index (χ2n) is 6.89. The molecule has 4 rings (SSSR count). The highest BCUT2D eigenvalue weighted by atomic mass is 35.5. The van der Waals surface area contributed by atoms with E-state index in [1.165, 1.54) is 12.5 Å². The van der Waals surface area contributed by atoms with Gasteiger partial charge in [-0.15, -0.1) is 11.3 Å². The topological polar surface area (TPSA) is 113 Å². The summed E-state index contributed by atoms with van der Waals surface area (Å²) < 4.78 is 39.0. The number of hydrogen-bond donors (Lipinski definition) is 3. The first kappa shape index (κ1) is 22.7. The Morgan fingerprint density at radius 1 is 1.12 bits per heavy atom. The summed E-state index contributed by atoms with van der Waals surface area (Å²) in [5.41, 5.74) is 0.757. The van der Waals surface area contributed by atoms with E-state index in [4.69, 9.17) is 11.6 Å². The number of nitrogens with one attached hydrogen (secondary N) is 3. The molecule has 0 bridgehead atoms. The zero-order valence-electron chi connectivity index (χ0n) is 16.7. The Balaban J connectivity index is 1.43. The second kappa shape index (κ2) is 8.79. The number of imidazole rings is 1. The Morgan fingerprint density at radius 2 is 1.91 bits per heavy atom. The van der Waals surface area contributed by atoms with Crippen molar-refractivity contribution in [3.63, 3.8) is 0 Å². The molecule has 0 aliphatic heterocycles. The Kier molecular flexibility index (Phi) is 6.04. The van der Waals surface area contributed by atoms with Crippen molar-refractivity contribution in [2.75, 3.05) is 5.32 Å². The lowest BCUT2D eigenvalue weighted by Crippen LogP contribution is -2.26. The van der Waals surface area contributed by atoms with Gasteiger partial charge in [0.25, 0.3) is 11.8 Å². The summed E-state index contributed by atoms with van der Waals surface area (Å²) in [7, 11) is 0. The van der Waals surface area contributed by atoms with Crippen LogP contribution in [0.3, 0.4) is 0 Å². The van der Waals surface area contributed by atoms with E-state index >= 15 is 0 Å². The van der Waals surface area contributed by atoms with Crippen molar-refractivity contribution in [1.29, 1.82) is 0 Å². The fourth-order valence-electron chi connectivity index (χ4n) is 2.91. The summed E-state index contributed by atoms with van der Waals surface area (Å²) in [6.07, 6.45) is -1.07. The van der Waals surface area contributed by atoms with Crippen molar-refractivity contribution in [3.8, 4) is 0 Å². The predicted octanol–water partition coefficient (Wildman–Crippen LogP) is 4.83. The fourth-order valence-corrected chi connectivity index (χ4v) is 3.94. The highest BCUT2D eigenvalue weighted by molar-refractivity contribution is 7.13. The zero-order valence-corrected chi connectivity index (χ0v) is 18.3. The van der Waals surface area contributed by atoms with Crippen LogP contribution in [0.5, 0.6) is 0 Å². The van der Waals surface area contributed by atoms with E-state index in [2.05, 4.69) is 30.6 Å². The number of nitrogens with zero attached hydrogens (tertiary/aromatic N) is 3. The average molecular weight is 495 g/mol. The molecule has 170 valence electrons. The molecular formula is C20H14ClF3N6O2S. The van der Waals surface area contributed by atoms with E-state index in [1.807, 2.05) is 0 Å². The van der Waals surface area contributed by atoms with Crippen LogP contribution in [0.2, 0.25) is 5.02 Å². The molecule has 0 saturated heterocycles. The van der Waals surface area contributed by atoms with Crippen molar-refractivity contribution in [2.24, 2.45) is 0 Å².